The van der Waals surface area contributed by atoms with E-state index in [2.05, 4.69) is 10.4 Å². The Hall–Kier alpha value is -2.61. The molecule has 0 radical (unpaired) electrons. The van der Waals surface area contributed by atoms with Crippen LogP contribution in [0.2, 0.25) is 5.15 Å². The van der Waals surface area contributed by atoms with Crippen molar-refractivity contribution >= 4 is 40.2 Å². The monoisotopic (exact) mass is 459 g/mol. The van der Waals surface area contributed by atoms with Crippen LogP contribution < -0.4 is 5.32 Å². The fraction of sp³-hybridized carbons (Fsp3) is 0.565. The van der Waals surface area contributed by atoms with Crippen molar-refractivity contribution in [1.29, 1.82) is 0 Å². The first kappa shape index (κ1) is 22.6. The van der Waals surface area contributed by atoms with E-state index in [1.54, 1.807) is 9.58 Å². The Morgan fingerprint density at radius 3 is 2.62 bits per heavy atom. The molecular formula is C23H30ClN5O3. The van der Waals surface area contributed by atoms with Crippen molar-refractivity contribution < 1.29 is 14.4 Å². The number of halogens is 1. The molecule has 0 saturated carbocycles. The van der Waals surface area contributed by atoms with Crippen LogP contribution in [-0.2, 0) is 28.0 Å². The summed E-state index contributed by atoms with van der Waals surface area (Å²) in [5.41, 5.74) is 1.86. The van der Waals surface area contributed by atoms with Gasteiger partial charge in [0.05, 0.1) is 5.52 Å². The van der Waals surface area contributed by atoms with Crippen LogP contribution in [0, 0.1) is 0 Å². The van der Waals surface area contributed by atoms with E-state index in [4.69, 9.17) is 11.6 Å². The van der Waals surface area contributed by atoms with Crippen molar-refractivity contribution in [2.75, 3.05) is 19.6 Å². The summed E-state index contributed by atoms with van der Waals surface area (Å²) in [6, 6.07) is 5.36. The summed E-state index contributed by atoms with van der Waals surface area (Å²) in [7, 11) is 1.84. The highest BCUT2D eigenvalue weighted by atomic mass is 35.5. The van der Waals surface area contributed by atoms with Gasteiger partial charge in [-0.3, -0.25) is 19.1 Å². The van der Waals surface area contributed by atoms with E-state index in [9.17, 15) is 14.4 Å². The third-order valence-corrected chi connectivity index (χ3v) is 6.73. The van der Waals surface area contributed by atoms with Gasteiger partial charge in [-0.2, -0.15) is 5.10 Å². The van der Waals surface area contributed by atoms with E-state index in [1.807, 2.05) is 30.1 Å². The Kier molecular flexibility index (Phi) is 6.98. The Bertz CT molecular complexity index is 1010. The number of rotatable bonds is 7. The molecule has 9 heteroatoms. The van der Waals surface area contributed by atoms with Crippen LogP contribution in [0.3, 0.4) is 0 Å². The van der Waals surface area contributed by atoms with Crippen molar-refractivity contribution in [3.63, 3.8) is 0 Å². The summed E-state index contributed by atoms with van der Waals surface area (Å²) < 4.78 is 1.72. The van der Waals surface area contributed by atoms with Crippen molar-refractivity contribution in [3.05, 3.63) is 28.9 Å². The Morgan fingerprint density at radius 1 is 1.09 bits per heavy atom. The van der Waals surface area contributed by atoms with Crippen LogP contribution in [0.4, 0.5) is 0 Å². The standard InChI is InChI=1S/C23H30ClN5O3/c1-27-18-10-9-16(14-17(18)22(24)26-27)15-25-23(32)19-6-5-13-29(19)21(31)8-4-7-20(30)28-11-2-3-12-28/h9-10,14,19H,2-8,11-13,15H2,1H3,(H,25,32)/t19-/m0/s1. The van der Waals surface area contributed by atoms with Crippen LogP contribution in [0.15, 0.2) is 18.2 Å². The molecule has 4 rings (SSSR count). The summed E-state index contributed by atoms with van der Waals surface area (Å²) in [5.74, 6) is -0.0430. The lowest BCUT2D eigenvalue weighted by atomic mass is 10.1. The first-order valence-corrected chi connectivity index (χ1v) is 11.8. The van der Waals surface area contributed by atoms with Gasteiger partial charge in [0, 0.05) is 51.5 Å². The fourth-order valence-electron chi connectivity index (χ4n) is 4.68. The van der Waals surface area contributed by atoms with E-state index in [-0.39, 0.29) is 17.7 Å². The number of aromatic nitrogens is 2. The minimum atomic E-state index is -0.442. The third kappa shape index (κ3) is 4.90. The molecule has 8 nitrogen and oxygen atoms in total. The van der Waals surface area contributed by atoms with Gasteiger partial charge in [0.25, 0.3) is 0 Å². The fourth-order valence-corrected chi connectivity index (χ4v) is 4.95. The number of nitrogens with one attached hydrogen (secondary N) is 1. The highest BCUT2D eigenvalue weighted by molar-refractivity contribution is 6.34. The van der Waals surface area contributed by atoms with Crippen LogP contribution in [0.5, 0.6) is 0 Å². The van der Waals surface area contributed by atoms with Crippen LogP contribution in [0.1, 0.15) is 50.5 Å². The predicted octanol–water partition coefficient (Wildman–Crippen LogP) is 2.63. The second-order valence-electron chi connectivity index (χ2n) is 8.67. The first-order valence-electron chi connectivity index (χ1n) is 11.4. The van der Waals surface area contributed by atoms with Gasteiger partial charge >= 0.3 is 0 Å². The number of carbonyl (C=O) groups is 3. The Morgan fingerprint density at radius 2 is 1.84 bits per heavy atom. The zero-order valence-corrected chi connectivity index (χ0v) is 19.2. The molecule has 3 heterocycles. The molecule has 1 atom stereocenters. The lowest BCUT2D eigenvalue weighted by molar-refractivity contribution is -0.138. The number of aryl methyl sites for hydroxylation is 1. The molecule has 1 N–H and O–H groups in total. The van der Waals surface area contributed by atoms with Crippen molar-refractivity contribution in [1.82, 2.24) is 24.9 Å². The number of carbonyl (C=O) groups excluding carboxylic acids is 3. The molecule has 1 aromatic carbocycles. The maximum Gasteiger partial charge on any atom is 0.243 e. The topological polar surface area (TPSA) is 87.5 Å². The molecular weight excluding hydrogens is 430 g/mol. The molecule has 32 heavy (non-hydrogen) atoms. The zero-order chi connectivity index (χ0) is 22.7. The van der Waals surface area contributed by atoms with Gasteiger partial charge in [-0.15, -0.1) is 0 Å². The molecule has 2 aliphatic rings. The number of hydrogen-bond donors (Lipinski definition) is 1. The maximum absolute atomic E-state index is 12.8. The van der Waals surface area contributed by atoms with Crippen molar-refractivity contribution in [3.8, 4) is 0 Å². The lowest BCUT2D eigenvalue weighted by Gasteiger charge is -2.24. The number of likely N-dealkylation sites (tertiary alicyclic amines) is 2. The first-order chi connectivity index (χ1) is 15.4. The number of fused-ring (bicyclic) bond motifs is 1. The summed E-state index contributed by atoms with van der Waals surface area (Å²) in [4.78, 5) is 41.3. The number of hydrogen-bond acceptors (Lipinski definition) is 4. The molecule has 0 unspecified atom stereocenters. The molecule has 2 aromatic rings. The molecule has 172 valence electrons. The van der Waals surface area contributed by atoms with Gasteiger partial charge in [0.2, 0.25) is 17.7 Å². The van der Waals surface area contributed by atoms with E-state index >= 15 is 0 Å². The van der Waals surface area contributed by atoms with Crippen LogP contribution >= 0.6 is 11.6 Å². The van der Waals surface area contributed by atoms with Crippen LogP contribution in [-0.4, -0.2) is 63.0 Å². The maximum atomic E-state index is 12.8. The molecule has 1 aromatic heterocycles. The molecule has 0 bridgehead atoms. The summed E-state index contributed by atoms with van der Waals surface area (Å²) in [6.45, 7) is 2.62. The summed E-state index contributed by atoms with van der Waals surface area (Å²) in [6.07, 6.45) is 4.85. The molecule has 2 fully saturated rings. The molecule has 2 saturated heterocycles. The highest BCUT2D eigenvalue weighted by Gasteiger charge is 2.33. The average molecular weight is 460 g/mol. The van der Waals surface area contributed by atoms with Gasteiger partial charge in [-0.05, 0) is 49.8 Å². The molecule has 2 aliphatic heterocycles. The van der Waals surface area contributed by atoms with E-state index in [1.165, 1.54) is 0 Å². The van der Waals surface area contributed by atoms with E-state index in [0.717, 1.165) is 48.8 Å². The SMILES string of the molecule is Cn1nc(Cl)c2cc(CNC(=O)[C@@H]3CCCN3C(=O)CCCC(=O)N3CCCC3)ccc21. The second kappa shape index (κ2) is 9.90. The zero-order valence-electron chi connectivity index (χ0n) is 18.5. The number of nitrogens with zero attached hydrogens (tertiary/aromatic N) is 4. The number of benzene rings is 1. The van der Waals surface area contributed by atoms with Crippen LogP contribution in [0.25, 0.3) is 10.9 Å². The molecule has 0 aliphatic carbocycles. The second-order valence-corrected chi connectivity index (χ2v) is 9.03. The summed E-state index contributed by atoms with van der Waals surface area (Å²) >= 11 is 6.18. The average Bonchev–Trinajstić information content (AvgIpc) is 3.53. The predicted molar refractivity (Wildman–Crippen MR) is 122 cm³/mol. The molecule has 3 amide bonds. The highest BCUT2D eigenvalue weighted by Crippen LogP contribution is 2.24. The number of amides is 3. The smallest absolute Gasteiger partial charge is 0.243 e. The van der Waals surface area contributed by atoms with Gasteiger partial charge in [-0.1, -0.05) is 17.7 Å². The van der Waals surface area contributed by atoms with Crippen molar-refractivity contribution in [2.45, 2.75) is 57.5 Å². The third-order valence-electron chi connectivity index (χ3n) is 6.45. The Balaban J connectivity index is 1.27. The van der Waals surface area contributed by atoms with Gasteiger partial charge in [-0.25, -0.2) is 0 Å². The van der Waals surface area contributed by atoms with E-state index in [0.29, 0.717) is 43.9 Å². The van der Waals surface area contributed by atoms with Gasteiger partial charge in [0.1, 0.15) is 6.04 Å². The normalized spacial score (nSPS) is 18.5. The largest absolute Gasteiger partial charge is 0.350 e. The lowest BCUT2D eigenvalue weighted by Crippen LogP contribution is -2.45. The van der Waals surface area contributed by atoms with Gasteiger partial charge < -0.3 is 15.1 Å². The minimum Gasteiger partial charge on any atom is -0.350 e. The minimum absolute atomic E-state index is 0.0413. The molecule has 0 spiro atoms. The quantitative estimate of drug-likeness (QED) is 0.689. The summed E-state index contributed by atoms with van der Waals surface area (Å²) in [5, 5.41) is 8.45. The van der Waals surface area contributed by atoms with E-state index < -0.39 is 6.04 Å². The Labute approximate surface area is 192 Å². The van der Waals surface area contributed by atoms with Crippen molar-refractivity contribution in [2.24, 2.45) is 7.05 Å². The van der Waals surface area contributed by atoms with Gasteiger partial charge in [0.15, 0.2) is 5.15 Å².